The molecule has 4 aromatic carbocycles. The molecule has 0 bridgehead atoms. The first-order valence-electron chi connectivity index (χ1n) is 18.0. The summed E-state index contributed by atoms with van der Waals surface area (Å²) < 4.78 is 0. The zero-order valence-electron chi connectivity index (χ0n) is 28.2. The highest BCUT2D eigenvalue weighted by atomic mass is 28.2. The highest BCUT2D eigenvalue weighted by molar-refractivity contribution is 6.36. The van der Waals surface area contributed by atoms with Gasteiger partial charge in [-0.1, -0.05) is 161 Å². The molecule has 0 heterocycles. The number of hydrogen-bond acceptors (Lipinski definition) is 0. The van der Waals surface area contributed by atoms with Crippen molar-refractivity contribution in [3.05, 3.63) is 129 Å². The van der Waals surface area contributed by atoms with Gasteiger partial charge in [-0.15, -0.1) is 0 Å². The Morgan fingerprint density at radius 3 is 1.31 bits per heavy atom. The largest absolute Gasteiger partial charge is 0.0654 e. The molecule has 0 N–H and O–H groups in total. The molecular weight excluding hydrogens is 557 g/mol. The highest BCUT2D eigenvalue weighted by Gasteiger charge is 2.30. The van der Waals surface area contributed by atoms with Crippen LogP contribution in [0.25, 0.3) is 34.4 Å². The first-order chi connectivity index (χ1) is 22.1. The third kappa shape index (κ3) is 6.75. The van der Waals surface area contributed by atoms with Crippen LogP contribution in [-0.4, -0.2) is 9.52 Å². The zero-order valence-corrected chi connectivity index (χ0v) is 29.6. The predicted molar refractivity (Wildman–Crippen MR) is 201 cm³/mol. The summed E-state index contributed by atoms with van der Waals surface area (Å²) in [7, 11) is -0.286. The average molecular weight is 609 g/mol. The lowest BCUT2D eigenvalue weighted by Crippen LogP contribution is -2.08. The second kappa shape index (κ2) is 14.8. The van der Waals surface area contributed by atoms with Gasteiger partial charge >= 0.3 is 0 Å². The second-order valence-corrected chi connectivity index (χ2v) is 15.3. The van der Waals surface area contributed by atoms with Crippen molar-refractivity contribution in [2.24, 2.45) is 0 Å². The Morgan fingerprint density at radius 2 is 0.933 bits per heavy atom. The Morgan fingerprint density at radius 1 is 0.511 bits per heavy atom. The van der Waals surface area contributed by atoms with Crippen LogP contribution in [0.3, 0.4) is 0 Å². The van der Waals surface area contributed by atoms with E-state index in [1.54, 1.807) is 22.3 Å². The van der Waals surface area contributed by atoms with Crippen molar-refractivity contribution in [2.75, 3.05) is 0 Å². The Bertz CT molecular complexity index is 1530. The standard InChI is InChI=1S/C44H52Si/c1-5-9-13-35-27-41-37(33-23-19-31(7-3)20-24-33)15-11-17-39(41)43(35)29-45-30-44-36(14-10-6-2)28-42-38(16-12-18-40(42)44)34-25-21-32(8-4)22-26-34/h11-12,15-28,43-44H,5-10,13-14,29-30,45H2,1-4H3. The molecule has 2 atom stereocenters. The Hall–Kier alpha value is -3.42. The van der Waals surface area contributed by atoms with Gasteiger partial charge in [0.15, 0.2) is 0 Å². The zero-order chi connectivity index (χ0) is 31.2. The molecule has 6 rings (SSSR count). The molecule has 1 heteroatoms. The average Bonchev–Trinajstić information content (AvgIpc) is 3.63. The molecule has 0 saturated carbocycles. The molecular formula is C44H52Si. The van der Waals surface area contributed by atoms with Crippen LogP contribution in [0.2, 0.25) is 12.1 Å². The summed E-state index contributed by atoms with van der Waals surface area (Å²) in [6.07, 6.45) is 15.0. The summed E-state index contributed by atoms with van der Waals surface area (Å²) in [6.45, 7) is 9.15. The van der Waals surface area contributed by atoms with Gasteiger partial charge in [0, 0.05) is 21.4 Å². The number of rotatable bonds is 14. The molecule has 0 saturated heterocycles. The van der Waals surface area contributed by atoms with E-state index in [1.165, 1.54) is 95.1 Å². The summed E-state index contributed by atoms with van der Waals surface area (Å²) >= 11 is 0. The van der Waals surface area contributed by atoms with Gasteiger partial charge in [-0.25, -0.2) is 0 Å². The van der Waals surface area contributed by atoms with Gasteiger partial charge in [-0.2, -0.15) is 0 Å². The lowest BCUT2D eigenvalue weighted by molar-refractivity contribution is 0.730. The van der Waals surface area contributed by atoms with Crippen molar-refractivity contribution in [1.29, 1.82) is 0 Å². The Balaban J connectivity index is 1.25. The number of fused-ring (bicyclic) bond motifs is 2. The van der Waals surface area contributed by atoms with Gasteiger partial charge < -0.3 is 0 Å². The van der Waals surface area contributed by atoms with Crippen LogP contribution in [0.15, 0.2) is 96.1 Å². The molecule has 0 fully saturated rings. The quantitative estimate of drug-likeness (QED) is 0.125. The molecule has 2 unspecified atom stereocenters. The van der Waals surface area contributed by atoms with Crippen molar-refractivity contribution < 1.29 is 0 Å². The van der Waals surface area contributed by atoms with Crippen LogP contribution in [0.4, 0.5) is 0 Å². The third-order valence-corrected chi connectivity index (χ3v) is 12.5. The maximum absolute atomic E-state index is 2.60. The molecule has 2 aliphatic rings. The lowest BCUT2D eigenvalue weighted by Gasteiger charge is -2.21. The molecule has 0 aliphatic heterocycles. The van der Waals surface area contributed by atoms with Crippen LogP contribution >= 0.6 is 0 Å². The minimum Gasteiger partial charge on any atom is -0.0654 e. The summed E-state index contributed by atoms with van der Waals surface area (Å²) in [5, 5.41) is 0. The van der Waals surface area contributed by atoms with Crippen LogP contribution in [0.5, 0.6) is 0 Å². The molecule has 0 aromatic heterocycles. The molecule has 232 valence electrons. The van der Waals surface area contributed by atoms with E-state index in [9.17, 15) is 0 Å². The van der Waals surface area contributed by atoms with Crippen LogP contribution in [0, 0.1) is 0 Å². The fraction of sp³-hybridized carbons (Fsp3) is 0.364. The minimum atomic E-state index is -0.286. The monoisotopic (exact) mass is 608 g/mol. The Kier molecular flexibility index (Phi) is 10.4. The minimum absolute atomic E-state index is 0.286. The predicted octanol–water partition coefficient (Wildman–Crippen LogP) is 12.2. The van der Waals surface area contributed by atoms with E-state index in [2.05, 4.69) is 125 Å². The molecule has 4 aromatic rings. The lowest BCUT2D eigenvalue weighted by atomic mass is 9.91. The van der Waals surface area contributed by atoms with E-state index in [-0.39, 0.29) is 9.52 Å². The highest BCUT2D eigenvalue weighted by Crippen LogP contribution is 2.48. The van der Waals surface area contributed by atoms with Gasteiger partial charge in [0.2, 0.25) is 0 Å². The summed E-state index contributed by atoms with van der Waals surface area (Å²) in [5.41, 5.74) is 18.0. The number of allylic oxidation sites excluding steroid dienone is 2. The van der Waals surface area contributed by atoms with Gasteiger partial charge in [-0.3, -0.25) is 0 Å². The van der Waals surface area contributed by atoms with Crippen LogP contribution in [0.1, 0.15) is 111 Å². The number of hydrogen-bond donors (Lipinski definition) is 0. The number of unbranched alkanes of at least 4 members (excludes halogenated alkanes) is 2. The van der Waals surface area contributed by atoms with Gasteiger partial charge in [0.05, 0.1) is 0 Å². The van der Waals surface area contributed by atoms with E-state index in [0.717, 1.165) is 12.8 Å². The van der Waals surface area contributed by atoms with Crippen molar-refractivity contribution in [1.82, 2.24) is 0 Å². The maximum Gasteiger partial charge on any atom is 0.0218 e. The van der Waals surface area contributed by atoms with Gasteiger partial charge in [0.25, 0.3) is 0 Å². The number of benzene rings is 4. The molecule has 0 amide bonds. The van der Waals surface area contributed by atoms with Crippen molar-refractivity contribution in [3.8, 4) is 22.3 Å². The fourth-order valence-corrected chi connectivity index (χ4v) is 10.3. The third-order valence-electron chi connectivity index (χ3n) is 10.6. The normalized spacial score (nSPS) is 17.1. The molecule has 45 heavy (non-hydrogen) atoms. The van der Waals surface area contributed by atoms with Crippen LogP contribution < -0.4 is 0 Å². The molecule has 0 spiro atoms. The molecule has 2 aliphatic carbocycles. The fourth-order valence-electron chi connectivity index (χ4n) is 7.87. The maximum atomic E-state index is 2.60. The Labute approximate surface area is 275 Å². The van der Waals surface area contributed by atoms with E-state index in [4.69, 9.17) is 0 Å². The molecule has 0 nitrogen and oxygen atoms in total. The summed E-state index contributed by atoms with van der Waals surface area (Å²) in [5.74, 6) is 1.22. The van der Waals surface area contributed by atoms with Gasteiger partial charge in [-0.05, 0) is 94.2 Å². The SMILES string of the molecule is CCCCC1=Cc2c(-c3ccc(CC)cc3)cccc2C1C[SiH2]CC1C(CCCC)=Cc2c(-c3ccc(CC)cc3)cccc21. The smallest absolute Gasteiger partial charge is 0.0218 e. The molecule has 0 radical (unpaired) electrons. The van der Waals surface area contributed by atoms with Crippen LogP contribution in [-0.2, 0) is 12.8 Å². The first-order valence-corrected chi connectivity index (χ1v) is 20.0. The van der Waals surface area contributed by atoms with E-state index < -0.39 is 0 Å². The number of aryl methyl sites for hydroxylation is 2. The van der Waals surface area contributed by atoms with Crippen molar-refractivity contribution in [2.45, 2.75) is 103 Å². The van der Waals surface area contributed by atoms with Crippen molar-refractivity contribution >= 4 is 21.7 Å². The van der Waals surface area contributed by atoms with Gasteiger partial charge in [0.1, 0.15) is 0 Å². The topological polar surface area (TPSA) is 0 Å². The van der Waals surface area contributed by atoms with E-state index in [1.807, 2.05) is 0 Å². The second-order valence-electron chi connectivity index (χ2n) is 13.4. The van der Waals surface area contributed by atoms with E-state index >= 15 is 0 Å². The summed E-state index contributed by atoms with van der Waals surface area (Å²) in [6, 6.07) is 35.6. The van der Waals surface area contributed by atoms with Crippen molar-refractivity contribution in [3.63, 3.8) is 0 Å². The first kappa shape index (κ1) is 31.6. The van der Waals surface area contributed by atoms with E-state index in [0.29, 0.717) is 11.8 Å². The summed E-state index contributed by atoms with van der Waals surface area (Å²) in [4.78, 5) is 0.